The van der Waals surface area contributed by atoms with Crippen molar-refractivity contribution < 1.29 is 0 Å². The first-order valence-corrected chi connectivity index (χ1v) is 4.09. The fourth-order valence-electron chi connectivity index (χ4n) is 0.990. The Balaban J connectivity index is 0.000000810. The summed E-state index contributed by atoms with van der Waals surface area (Å²) < 4.78 is 0. The monoisotopic (exact) mass is 226 g/mol. The van der Waals surface area contributed by atoms with Gasteiger partial charge in [0, 0.05) is 13.1 Å². The molecule has 4 heteroatoms. The van der Waals surface area contributed by atoms with Crippen molar-refractivity contribution in [3.63, 3.8) is 0 Å². The second-order valence-corrected chi connectivity index (χ2v) is 2.82. The van der Waals surface area contributed by atoms with Crippen molar-refractivity contribution >= 4 is 29.6 Å². The Bertz CT molecular complexity index is 74.1. The molecule has 1 saturated heterocycles. The Hall–Kier alpha value is 0.750. The van der Waals surface area contributed by atoms with E-state index in [0.29, 0.717) is 0 Å². The van der Waals surface area contributed by atoms with Gasteiger partial charge in [-0.2, -0.15) is 12.6 Å². The van der Waals surface area contributed by atoms with Crippen LogP contribution >= 0.6 is 29.6 Å². The van der Waals surface area contributed by atoms with Crippen molar-refractivity contribution in [2.24, 2.45) is 5.92 Å². The van der Waals surface area contributed by atoms with Crippen molar-refractivity contribution in [3.8, 4) is 0 Å². The molecule has 0 radical (unpaired) electrons. The first kappa shape index (κ1) is 10.8. The van der Waals surface area contributed by atoms with Gasteiger partial charge in [0.1, 0.15) is 0 Å². The molecule has 1 aliphatic rings. The van der Waals surface area contributed by atoms with E-state index in [2.05, 4.69) is 23.3 Å². The quantitative estimate of drug-likeness (QED) is 0.561. The van der Waals surface area contributed by atoms with Crippen molar-refractivity contribution in [1.82, 2.24) is 10.6 Å². The van der Waals surface area contributed by atoms with E-state index in [1.54, 1.807) is 0 Å². The van der Waals surface area contributed by atoms with Gasteiger partial charge in [-0.3, -0.25) is 0 Å². The van der Waals surface area contributed by atoms with Crippen molar-refractivity contribution in [2.75, 3.05) is 31.9 Å². The van der Waals surface area contributed by atoms with Gasteiger partial charge < -0.3 is 10.6 Å². The third-order valence-electron chi connectivity index (χ3n) is 1.60. The predicted molar refractivity (Wildman–Crippen MR) is 53.4 cm³/mol. The molecular formula is C6H15BrN2S. The van der Waals surface area contributed by atoms with Gasteiger partial charge in [-0.15, -0.1) is 17.0 Å². The van der Waals surface area contributed by atoms with Gasteiger partial charge in [0.05, 0.1) is 0 Å². The van der Waals surface area contributed by atoms with Crippen LogP contribution in [-0.2, 0) is 0 Å². The maximum absolute atomic E-state index is 4.23. The van der Waals surface area contributed by atoms with Crippen LogP contribution in [0, 0.1) is 5.92 Å². The number of nitrogens with one attached hydrogen (secondary N) is 2. The number of hydrogen-bond acceptors (Lipinski definition) is 3. The minimum absolute atomic E-state index is 0. The van der Waals surface area contributed by atoms with E-state index in [4.69, 9.17) is 0 Å². The van der Waals surface area contributed by atoms with Crippen molar-refractivity contribution in [1.29, 1.82) is 0 Å². The smallest absolute Gasteiger partial charge is 0.00768 e. The second-order valence-electron chi connectivity index (χ2n) is 2.46. The Morgan fingerprint density at radius 3 is 2.10 bits per heavy atom. The summed E-state index contributed by atoms with van der Waals surface area (Å²) in [4.78, 5) is 0. The normalized spacial score (nSPS) is 21.3. The number of rotatable bonds is 1. The van der Waals surface area contributed by atoms with Crippen molar-refractivity contribution in [3.05, 3.63) is 0 Å². The van der Waals surface area contributed by atoms with Gasteiger partial charge in [0.15, 0.2) is 0 Å². The molecule has 2 nitrogen and oxygen atoms in total. The zero-order valence-corrected chi connectivity index (χ0v) is 8.58. The summed E-state index contributed by atoms with van der Waals surface area (Å²) in [6, 6.07) is 0. The minimum Gasteiger partial charge on any atom is -0.315 e. The Labute approximate surface area is 78.3 Å². The topological polar surface area (TPSA) is 24.1 Å². The van der Waals surface area contributed by atoms with Crippen LogP contribution < -0.4 is 10.6 Å². The van der Waals surface area contributed by atoms with E-state index in [1.165, 1.54) is 0 Å². The molecule has 2 N–H and O–H groups in total. The van der Waals surface area contributed by atoms with Gasteiger partial charge in [-0.25, -0.2) is 0 Å². The third kappa shape index (κ3) is 3.81. The van der Waals surface area contributed by atoms with Crippen LogP contribution in [0.4, 0.5) is 0 Å². The lowest BCUT2D eigenvalue weighted by Crippen LogP contribution is -2.24. The van der Waals surface area contributed by atoms with Crippen LogP contribution in [0.2, 0.25) is 0 Å². The summed E-state index contributed by atoms with van der Waals surface area (Å²) >= 11 is 4.23. The Morgan fingerprint density at radius 2 is 1.70 bits per heavy atom. The molecule has 0 saturated carbocycles. The number of halogens is 1. The van der Waals surface area contributed by atoms with E-state index in [-0.39, 0.29) is 17.0 Å². The average Bonchev–Trinajstić information content (AvgIpc) is 2.13. The van der Waals surface area contributed by atoms with E-state index in [1.807, 2.05) is 0 Å². The first-order valence-electron chi connectivity index (χ1n) is 3.46. The number of thiol groups is 1. The van der Waals surface area contributed by atoms with Gasteiger partial charge in [0.25, 0.3) is 0 Å². The maximum Gasteiger partial charge on any atom is 0.00768 e. The van der Waals surface area contributed by atoms with Crippen LogP contribution in [-0.4, -0.2) is 31.9 Å². The summed E-state index contributed by atoms with van der Waals surface area (Å²) in [5.74, 6) is 1.70. The molecule has 0 bridgehead atoms. The molecule has 0 spiro atoms. The van der Waals surface area contributed by atoms with Crippen molar-refractivity contribution in [2.45, 2.75) is 0 Å². The number of hydrogen-bond donors (Lipinski definition) is 3. The van der Waals surface area contributed by atoms with E-state index in [0.717, 1.165) is 37.8 Å². The molecule has 0 amide bonds. The SMILES string of the molecule is Br.SCC1CNCCNC1. The van der Waals surface area contributed by atoms with Gasteiger partial charge in [0.2, 0.25) is 0 Å². The molecule has 0 aromatic rings. The highest BCUT2D eigenvalue weighted by Gasteiger charge is 2.07. The highest BCUT2D eigenvalue weighted by Crippen LogP contribution is 1.96. The molecule has 0 aromatic heterocycles. The fraction of sp³-hybridized carbons (Fsp3) is 1.00. The molecule has 1 rings (SSSR count). The maximum atomic E-state index is 4.23. The summed E-state index contributed by atoms with van der Waals surface area (Å²) in [7, 11) is 0. The Kier molecular flexibility index (Phi) is 6.94. The van der Waals surface area contributed by atoms with Crippen LogP contribution in [0.5, 0.6) is 0 Å². The molecule has 0 aliphatic carbocycles. The molecule has 1 fully saturated rings. The van der Waals surface area contributed by atoms with Gasteiger partial charge >= 0.3 is 0 Å². The highest BCUT2D eigenvalue weighted by atomic mass is 79.9. The van der Waals surface area contributed by atoms with E-state index < -0.39 is 0 Å². The minimum atomic E-state index is 0. The summed E-state index contributed by atoms with van der Waals surface area (Å²) in [5, 5.41) is 6.67. The van der Waals surface area contributed by atoms with Gasteiger partial charge in [-0.05, 0) is 24.8 Å². The molecule has 0 atom stereocenters. The lowest BCUT2D eigenvalue weighted by Gasteiger charge is -2.08. The van der Waals surface area contributed by atoms with Crippen LogP contribution in [0.3, 0.4) is 0 Å². The zero-order chi connectivity index (χ0) is 6.53. The molecule has 0 unspecified atom stereocenters. The lowest BCUT2D eigenvalue weighted by molar-refractivity contribution is 0.554. The lowest BCUT2D eigenvalue weighted by atomic mass is 10.2. The predicted octanol–water partition coefficient (Wildman–Crippen LogP) is 0.303. The van der Waals surface area contributed by atoms with Gasteiger partial charge in [-0.1, -0.05) is 0 Å². The molecular weight excluding hydrogens is 212 g/mol. The summed E-state index contributed by atoms with van der Waals surface area (Å²) in [5.41, 5.74) is 0. The average molecular weight is 227 g/mol. The first-order chi connectivity index (χ1) is 4.43. The molecule has 1 aliphatic heterocycles. The summed E-state index contributed by atoms with van der Waals surface area (Å²) in [6.45, 7) is 4.45. The molecule has 0 aromatic carbocycles. The zero-order valence-electron chi connectivity index (χ0n) is 5.97. The Morgan fingerprint density at radius 1 is 1.20 bits per heavy atom. The van der Waals surface area contributed by atoms with E-state index in [9.17, 15) is 0 Å². The van der Waals surface area contributed by atoms with Crippen LogP contribution in [0.25, 0.3) is 0 Å². The van der Waals surface area contributed by atoms with E-state index >= 15 is 0 Å². The largest absolute Gasteiger partial charge is 0.315 e. The van der Waals surface area contributed by atoms with Crippen LogP contribution in [0.15, 0.2) is 0 Å². The summed E-state index contributed by atoms with van der Waals surface area (Å²) in [6.07, 6.45) is 0. The highest BCUT2D eigenvalue weighted by molar-refractivity contribution is 8.93. The molecule has 1 heterocycles. The second kappa shape index (κ2) is 6.46. The standard InChI is InChI=1S/C6H14N2S.BrH/c9-5-6-3-7-1-2-8-4-6;/h6-9H,1-5H2;1H. The molecule has 62 valence electrons. The third-order valence-corrected chi connectivity index (χ3v) is 2.12. The fourth-order valence-corrected chi connectivity index (χ4v) is 1.25. The van der Waals surface area contributed by atoms with Crippen LogP contribution in [0.1, 0.15) is 0 Å². The molecule has 10 heavy (non-hydrogen) atoms.